The van der Waals surface area contributed by atoms with Gasteiger partial charge in [-0.15, -0.1) is 0 Å². The Balaban J connectivity index is 1.85. The van der Waals surface area contributed by atoms with Gasteiger partial charge in [-0.25, -0.2) is 0 Å². The number of hydrogen-bond donors (Lipinski definition) is 1. The number of nitrogens with zero attached hydrogens (tertiary/aromatic N) is 1. The van der Waals surface area contributed by atoms with Crippen LogP contribution in [0.4, 0.5) is 0 Å². The van der Waals surface area contributed by atoms with Gasteiger partial charge < -0.3 is 15.0 Å². The van der Waals surface area contributed by atoms with E-state index in [1.54, 1.807) is 0 Å². The van der Waals surface area contributed by atoms with E-state index in [9.17, 15) is 0 Å². The molecule has 18 heavy (non-hydrogen) atoms. The second-order valence-corrected chi connectivity index (χ2v) is 6.47. The summed E-state index contributed by atoms with van der Waals surface area (Å²) in [5.41, 5.74) is 0.395. The molecule has 3 heteroatoms. The van der Waals surface area contributed by atoms with Gasteiger partial charge in [-0.1, -0.05) is 19.3 Å². The summed E-state index contributed by atoms with van der Waals surface area (Å²) < 4.78 is 5.49. The van der Waals surface area contributed by atoms with Crippen molar-refractivity contribution in [1.29, 1.82) is 0 Å². The first-order chi connectivity index (χ1) is 8.64. The molecule has 1 aliphatic heterocycles. The standard InChI is InChI=1S/C15H30N2O/c1-13(14-7-10-18-11-14)16-12-15(17(2)3)8-5-4-6-9-15/h13-14,16H,4-12H2,1-3H3. The minimum atomic E-state index is 0.395. The highest BCUT2D eigenvalue weighted by atomic mass is 16.5. The second-order valence-electron chi connectivity index (χ2n) is 6.47. The minimum absolute atomic E-state index is 0.395. The van der Waals surface area contributed by atoms with Crippen LogP contribution < -0.4 is 5.32 Å². The van der Waals surface area contributed by atoms with Gasteiger partial charge in [0.2, 0.25) is 0 Å². The van der Waals surface area contributed by atoms with Crippen molar-refractivity contribution in [3.63, 3.8) is 0 Å². The molecule has 2 fully saturated rings. The lowest BCUT2D eigenvalue weighted by Crippen LogP contribution is -2.55. The summed E-state index contributed by atoms with van der Waals surface area (Å²) in [4.78, 5) is 2.46. The normalized spacial score (nSPS) is 29.7. The average molecular weight is 254 g/mol. The van der Waals surface area contributed by atoms with Gasteiger partial charge in [-0.2, -0.15) is 0 Å². The molecule has 2 atom stereocenters. The Morgan fingerprint density at radius 3 is 2.56 bits per heavy atom. The molecule has 1 heterocycles. The third-order valence-electron chi connectivity index (χ3n) is 5.16. The molecular weight excluding hydrogens is 224 g/mol. The van der Waals surface area contributed by atoms with Crippen LogP contribution in [0, 0.1) is 5.92 Å². The van der Waals surface area contributed by atoms with Crippen molar-refractivity contribution in [3.8, 4) is 0 Å². The molecule has 3 nitrogen and oxygen atoms in total. The Morgan fingerprint density at radius 2 is 2.00 bits per heavy atom. The van der Waals surface area contributed by atoms with Gasteiger partial charge in [0, 0.05) is 24.7 Å². The smallest absolute Gasteiger partial charge is 0.0509 e. The Kier molecular flexibility index (Phi) is 5.05. The van der Waals surface area contributed by atoms with E-state index in [0.717, 1.165) is 19.8 Å². The third-order valence-corrected chi connectivity index (χ3v) is 5.16. The van der Waals surface area contributed by atoms with Crippen LogP contribution in [-0.4, -0.2) is 50.3 Å². The number of rotatable bonds is 5. The predicted molar refractivity (Wildman–Crippen MR) is 75.9 cm³/mol. The fourth-order valence-corrected chi connectivity index (χ4v) is 3.46. The summed E-state index contributed by atoms with van der Waals surface area (Å²) in [6, 6.07) is 0.589. The summed E-state index contributed by atoms with van der Waals surface area (Å²) in [6.07, 6.45) is 8.12. The fourth-order valence-electron chi connectivity index (χ4n) is 3.46. The largest absolute Gasteiger partial charge is 0.381 e. The molecule has 1 saturated carbocycles. The zero-order chi connectivity index (χ0) is 13.0. The lowest BCUT2D eigenvalue weighted by atomic mass is 9.80. The van der Waals surface area contributed by atoms with Crippen LogP contribution >= 0.6 is 0 Å². The molecule has 2 rings (SSSR count). The number of likely N-dealkylation sites (N-methyl/N-ethyl adjacent to an activating group) is 1. The van der Waals surface area contributed by atoms with Crippen molar-refractivity contribution >= 4 is 0 Å². The molecule has 0 amide bonds. The highest BCUT2D eigenvalue weighted by Crippen LogP contribution is 2.32. The van der Waals surface area contributed by atoms with Gasteiger partial charge in [0.25, 0.3) is 0 Å². The van der Waals surface area contributed by atoms with Gasteiger partial charge in [-0.3, -0.25) is 0 Å². The highest BCUT2D eigenvalue weighted by molar-refractivity contribution is 4.93. The van der Waals surface area contributed by atoms with Crippen LogP contribution in [0.15, 0.2) is 0 Å². The molecule has 1 aliphatic carbocycles. The van der Waals surface area contributed by atoms with Gasteiger partial charge in [0.1, 0.15) is 0 Å². The average Bonchev–Trinajstić information content (AvgIpc) is 2.91. The molecule has 2 aliphatic rings. The van der Waals surface area contributed by atoms with Crippen LogP contribution in [-0.2, 0) is 4.74 Å². The monoisotopic (exact) mass is 254 g/mol. The number of hydrogen-bond acceptors (Lipinski definition) is 3. The quantitative estimate of drug-likeness (QED) is 0.814. The van der Waals surface area contributed by atoms with Gasteiger partial charge in [-0.05, 0) is 46.2 Å². The Labute approximate surface area is 112 Å². The van der Waals surface area contributed by atoms with E-state index >= 15 is 0 Å². The van der Waals surface area contributed by atoms with Crippen molar-refractivity contribution in [1.82, 2.24) is 10.2 Å². The maximum atomic E-state index is 5.49. The molecular formula is C15H30N2O. The molecule has 0 aromatic rings. The second kappa shape index (κ2) is 6.36. The Morgan fingerprint density at radius 1 is 1.28 bits per heavy atom. The van der Waals surface area contributed by atoms with E-state index in [2.05, 4.69) is 31.2 Å². The maximum absolute atomic E-state index is 5.49. The molecule has 0 spiro atoms. The van der Waals surface area contributed by atoms with Crippen molar-refractivity contribution in [3.05, 3.63) is 0 Å². The lowest BCUT2D eigenvalue weighted by Gasteiger charge is -2.44. The van der Waals surface area contributed by atoms with Crippen molar-refractivity contribution in [2.75, 3.05) is 33.9 Å². The van der Waals surface area contributed by atoms with Gasteiger partial charge in [0.05, 0.1) is 6.61 Å². The number of ether oxygens (including phenoxy) is 1. The predicted octanol–water partition coefficient (Wildman–Crippen LogP) is 2.27. The first kappa shape index (κ1) is 14.3. The minimum Gasteiger partial charge on any atom is -0.381 e. The topological polar surface area (TPSA) is 24.5 Å². The van der Waals surface area contributed by atoms with E-state index in [4.69, 9.17) is 4.74 Å². The lowest BCUT2D eigenvalue weighted by molar-refractivity contribution is 0.0917. The summed E-state index contributed by atoms with van der Waals surface area (Å²) in [5, 5.41) is 3.79. The fraction of sp³-hybridized carbons (Fsp3) is 1.00. The van der Waals surface area contributed by atoms with Crippen molar-refractivity contribution < 1.29 is 4.74 Å². The number of nitrogens with one attached hydrogen (secondary N) is 1. The summed E-state index contributed by atoms with van der Waals surface area (Å²) in [6.45, 7) is 5.36. The zero-order valence-corrected chi connectivity index (χ0v) is 12.4. The molecule has 0 aromatic heterocycles. The van der Waals surface area contributed by atoms with E-state index in [1.165, 1.54) is 38.5 Å². The van der Waals surface area contributed by atoms with Crippen LogP contribution in [0.25, 0.3) is 0 Å². The van der Waals surface area contributed by atoms with E-state index in [1.807, 2.05) is 0 Å². The summed E-state index contributed by atoms with van der Waals surface area (Å²) in [5.74, 6) is 0.716. The van der Waals surface area contributed by atoms with Crippen LogP contribution in [0.5, 0.6) is 0 Å². The SMILES string of the molecule is CC(NCC1(N(C)C)CCCCC1)C1CCOC1. The van der Waals surface area contributed by atoms with Crippen LogP contribution in [0.2, 0.25) is 0 Å². The third kappa shape index (κ3) is 3.25. The van der Waals surface area contributed by atoms with E-state index in [0.29, 0.717) is 17.5 Å². The summed E-state index contributed by atoms with van der Waals surface area (Å²) >= 11 is 0. The van der Waals surface area contributed by atoms with Crippen LogP contribution in [0.3, 0.4) is 0 Å². The first-order valence-corrected chi connectivity index (χ1v) is 7.63. The Hall–Kier alpha value is -0.120. The molecule has 0 aromatic carbocycles. The molecule has 106 valence electrons. The van der Waals surface area contributed by atoms with Crippen molar-refractivity contribution in [2.45, 2.75) is 57.0 Å². The Bertz CT molecular complexity index is 243. The summed E-state index contributed by atoms with van der Waals surface area (Å²) in [7, 11) is 4.49. The molecule has 2 unspecified atom stereocenters. The molecule has 0 bridgehead atoms. The first-order valence-electron chi connectivity index (χ1n) is 7.63. The molecule has 1 saturated heterocycles. The highest BCUT2D eigenvalue weighted by Gasteiger charge is 2.35. The zero-order valence-electron chi connectivity index (χ0n) is 12.4. The van der Waals surface area contributed by atoms with Crippen LogP contribution in [0.1, 0.15) is 45.4 Å². The molecule has 0 radical (unpaired) electrons. The van der Waals surface area contributed by atoms with E-state index < -0.39 is 0 Å². The maximum Gasteiger partial charge on any atom is 0.0509 e. The van der Waals surface area contributed by atoms with Gasteiger partial charge >= 0.3 is 0 Å². The molecule has 1 N–H and O–H groups in total. The van der Waals surface area contributed by atoms with Crippen molar-refractivity contribution in [2.24, 2.45) is 5.92 Å². The van der Waals surface area contributed by atoms with Gasteiger partial charge in [0.15, 0.2) is 0 Å². The van der Waals surface area contributed by atoms with E-state index in [-0.39, 0.29) is 0 Å².